The number of nitrogens with one attached hydrogen (secondary N) is 1. The molecule has 4 rings (SSSR count). The Labute approximate surface area is 178 Å². The molecule has 154 valence electrons. The molecule has 6 nitrogen and oxygen atoms in total. The summed E-state index contributed by atoms with van der Waals surface area (Å²) >= 11 is 0. The molecule has 0 bridgehead atoms. The first-order valence-corrected chi connectivity index (χ1v) is 9.54. The second-order valence-corrected chi connectivity index (χ2v) is 7.09. The maximum absolute atomic E-state index is 12.6. The SMILES string of the molecule is Cl.Cl.O=C([C@H]1CCCCN1)N1CCN(Cc2ncc(-c3ccccc3)o2)CC1. The van der Waals surface area contributed by atoms with E-state index in [0.29, 0.717) is 6.54 Å². The van der Waals surface area contributed by atoms with Crippen LogP contribution in [0.15, 0.2) is 40.9 Å². The Morgan fingerprint density at radius 2 is 1.86 bits per heavy atom. The molecule has 2 aliphatic heterocycles. The molecule has 1 aromatic heterocycles. The van der Waals surface area contributed by atoms with Gasteiger partial charge in [-0.25, -0.2) is 4.98 Å². The lowest BCUT2D eigenvalue weighted by Crippen LogP contribution is -2.54. The normalized spacial score (nSPS) is 20.1. The Hall–Kier alpha value is -1.60. The highest BCUT2D eigenvalue weighted by Crippen LogP contribution is 2.21. The van der Waals surface area contributed by atoms with Gasteiger partial charge in [-0.1, -0.05) is 36.8 Å². The quantitative estimate of drug-likeness (QED) is 0.813. The van der Waals surface area contributed by atoms with Crippen LogP contribution in [0.2, 0.25) is 0 Å². The van der Waals surface area contributed by atoms with Crippen molar-refractivity contribution < 1.29 is 9.21 Å². The lowest BCUT2D eigenvalue weighted by molar-refractivity contribution is -0.135. The summed E-state index contributed by atoms with van der Waals surface area (Å²) < 4.78 is 5.90. The number of amides is 1. The van der Waals surface area contributed by atoms with E-state index in [9.17, 15) is 4.79 Å². The highest BCUT2D eigenvalue weighted by molar-refractivity contribution is 5.85. The summed E-state index contributed by atoms with van der Waals surface area (Å²) in [5.41, 5.74) is 1.04. The van der Waals surface area contributed by atoms with E-state index in [-0.39, 0.29) is 36.8 Å². The molecular weight excluding hydrogens is 399 g/mol. The van der Waals surface area contributed by atoms with Gasteiger partial charge in [0.15, 0.2) is 5.76 Å². The Kier molecular flexibility index (Phi) is 8.76. The van der Waals surface area contributed by atoms with Crippen molar-refractivity contribution in [1.82, 2.24) is 20.1 Å². The maximum Gasteiger partial charge on any atom is 0.239 e. The minimum atomic E-state index is 0. The number of piperazine rings is 1. The van der Waals surface area contributed by atoms with E-state index in [2.05, 4.69) is 15.2 Å². The second-order valence-electron chi connectivity index (χ2n) is 7.09. The molecule has 1 amide bonds. The molecule has 0 saturated carbocycles. The van der Waals surface area contributed by atoms with Crippen LogP contribution in [0.25, 0.3) is 11.3 Å². The van der Waals surface area contributed by atoms with Crippen molar-refractivity contribution in [3.63, 3.8) is 0 Å². The third-order valence-electron chi connectivity index (χ3n) is 5.26. The first kappa shape index (κ1) is 22.7. The summed E-state index contributed by atoms with van der Waals surface area (Å²) in [5.74, 6) is 1.81. The molecule has 3 heterocycles. The van der Waals surface area contributed by atoms with Crippen LogP contribution in [0.4, 0.5) is 0 Å². The maximum atomic E-state index is 12.6. The Morgan fingerprint density at radius 3 is 2.54 bits per heavy atom. The Bertz CT molecular complexity index is 727. The van der Waals surface area contributed by atoms with E-state index in [1.54, 1.807) is 6.20 Å². The number of hydrogen-bond acceptors (Lipinski definition) is 5. The highest BCUT2D eigenvalue weighted by Gasteiger charge is 2.28. The minimum absolute atomic E-state index is 0. The predicted molar refractivity (Wildman–Crippen MR) is 114 cm³/mol. The topological polar surface area (TPSA) is 61.6 Å². The van der Waals surface area contributed by atoms with Gasteiger partial charge in [-0.15, -0.1) is 24.8 Å². The summed E-state index contributed by atoms with van der Waals surface area (Å²) in [5, 5.41) is 3.36. The zero-order valence-corrected chi connectivity index (χ0v) is 17.5. The predicted octanol–water partition coefficient (Wildman–Crippen LogP) is 2.97. The molecule has 2 saturated heterocycles. The van der Waals surface area contributed by atoms with Gasteiger partial charge in [0.25, 0.3) is 0 Å². The van der Waals surface area contributed by atoms with Crippen molar-refractivity contribution >= 4 is 30.7 Å². The van der Waals surface area contributed by atoms with Crippen molar-refractivity contribution in [3.05, 3.63) is 42.4 Å². The van der Waals surface area contributed by atoms with Crippen molar-refractivity contribution in [1.29, 1.82) is 0 Å². The molecule has 2 aromatic rings. The zero-order valence-electron chi connectivity index (χ0n) is 15.9. The number of benzene rings is 1. The largest absolute Gasteiger partial charge is 0.439 e. The van der Waals surface area contributed by atoms with Crippen molar-refractivity contribution in [2.24, 2.45) is 0 Å². The van der Waals surface area contributed by atoms with Crippen molar-refractivity contribution in [2.75, 3.05) is 32.7 Å². The third-order valence-corrected chi connectivity index (χ3v) is 5.26. The lowest BCUT2D eigenvalue weighted by atomic mass is 10.0. The molecule has 2 fully saturated rings. The standard InChI is InChI=1S/C20H26N4O2.2ClH/c25-20(17-8-4-5-9-21-17)24-12-10-23(11-13-24)15-19-22-14-18(26-19)16-6-2-1-3-7-16;;/h1-3,6-7,14,17,21H,4-5,8-13,15H2;2*1H/t17-;;/m1../s1. The fourth-order valence-corrected chi connectivity index (χ4v) is 3.72. The van der Waals surface area contributed by atoms with E-state index < -0.39 is 0 Å². The first-order chi connectivity index (χ1) is 12.8. The van der Waals surface area contributed by atoms with Crippen LogP contribution in [-0.2, 0) is 11.3 Å². The number of oxazole rings is 1. The number of rotatable bonds is 4. The first-order valence-electron chi connectivity index (χ1n) is 9.54. The molecule has 0 unspecified atom stereocenters. The van der Waals surface area contributed by atoms with Crippen LogP contribution in [0.3, 0.4) is 0 Å². The summed E-state index contributed by atoms with van der Waals surface area (Å²) in [4.78, 5) is 21.3. The lowest BCUT2D eigenvalue weighted by Gasteiger charge is -2.36. The van der Waals surface area contributed by atoms with E-state index in [0.717, 1.165) is 62.8 Å². The number of piperidine rings is 1. The number of aromatic nitrogens is 1. The molecule has 28 heavy (non-hydrogen) atoms. The molecule has 1 N–H and O–H groups in total. The highest BCUT2D eigenvalue weighted by atomic mass is 35.5. The molecule has 1 atom stereocenters. The summed E-state index contributed by atoms with van der Waals surface area (Å²) in [6.07, 6.45) is 5.09. The smallest absolute Gasteiger partial charge is 0.239 e. The summed E-state index contributed by atoms with van der Waals surface area (Å²) in [6.45, 7) is 4.94. The Balaban J connectivity index is 0.00000140. The fourth-order valence-electron chi connectivity index (χ4n) is 3.72. The van der Waals surface area contributed by atoms with Crippen LogP contribution in [-0.4, -0.2) is 59.5 Å². The molecule has 0 spiro atoms. The Morgan fingerprint density at radius 1 is 1.11 bits per heavy atom. The number of nitrogens with zero attached hydrogens (tertiary/aromatic N) is 3. The van der Waals surface area contributed by atoms with Gasteiger partial charge in [-0.2, -0.15) is 0 Å². The molecular formula is C20H28Cl2N4O2. The fraction of sp³-hybridized carbons (Fsp3) is 0.500. The molecule has 0 aliphatic carbocycles. The van der Waals surface area contributed by atoms with Crippen LogP contribution in [0.1, 0.15) is 25.2 Å². The number of halogens is 2. The average Bonchev–Trinajstić information content (AvgIpc) is 3.18. The van der Waals surface area contributed by atoms with Gasteiger partial charge >= 0.3 is 0 Å². The van der Waals surface area contributed by atoms with Crippen molar-refractivity contribution in [3.8, 4) is 11.3 Å². The van der Waals surface area contributed by atoms with Gasteiger partial charge in [0.1, 0.15) is 0 Å². The van der Waals surface area contributed by atoms with E-state index in [4.69, 9.17) is 4.42 Å². The van der Waals surface area contributed by atoms with Gasteiger partial charge in [-0.05, 0) is 19.4 Å². The van der Waals surface area contributed by atoms with Crippen LogP contribution >= 0.6 is 24.8 Å². The van der Waals surface area contributed by atoms with Gasteiger partial charge in [-0.3, -0.25) is 9.69 Å². The molecule has 2 aliphatic rings. The zero-order chi connectivity index (χ0) is 17.8. The summed E-state index contributed by atoms with van der Waals surface area (Å²) in [7, 11) is 0. The van der Waals surface area contributed by atoms with E-state index in [1.807, 2.05) is 35.2 Å². The second kappa shape index (κ2) is 10.8. The van der Waals surface area contributed by atoms with Crippen LogP contribution < -0.4 is 5.32 Å². The van der Waals surface area contributed by atoms with E-state index in [1.165, 1.54) is 6.42 Å². The van der Waals surface area contributed by atoms with Crippen LogP contribution in [0.5, 0.6) is 0 Å². The minimum Gasteiger partial charge on any atom is -0.439 e. The molecule has 8 heteroatoms. The van der Waals surface area contributed by atoms with Gasteiger partial charge in [0.2, 0.25) is 11.8 Å². The van der Waals surface area contributed by atoms with Gasteiger partial charge in [0, 0.05) is 31.7 Å². The third kappa shape index (κ3) is 5.47. The average molecular weight is 427 g/mol. The molecule has 0 radical (unpaired) electrons. The van der Waals surface area contributed by atoms with Crippen LogP contribution in [0, 0.1) is 0 Å². The summed E-state index contributed by atoms with van der Waals surface area (Å²) in [6, 6.07) is 10.0. The van der Waals surface area contributed by atoms with Gasteiger partial charge in [0.05, 0.1) is 18.8 Å². The number of hydrogen-bond donors (Lipinski definition) is 1. The van der Waals surface area contributed by atoms with E-state index >= 15 is 0 Å². The molecule has 1 aromatic carbocycles. The van der Waals surface area contributed by atoms with Gasteiger partial charge < -0.3 is 14.6 Å². The van der Waals surface area contributed by atoms with Crippen molar-refractivity contribution in [2.45, 2.75) is 31.8 Å². The number of carbonyl (C=O) groups is 1. The number of carbonyl (C=O) groups excluding carboxylic acids is 1. The monoisotopic (exact) mass is 426 g/mol.